The normalized spacial score (nSPS) is 17.2. The monoisotopic (exact) mass is 180 g/mol. The molecule has 1 aliphatic carbocycles. The summed E-state index contributed by atoms with van der Waals surface area (Å²) in [6.45, 7) is 2.25. The van der Waals surface area contributed by atoms with E-state index in [-0.39, 0.29) is 5.41 Å². The summed E-state index contributed by atoms with van der Waals surface area (Å²) in [4.78, 5) is 0. The molecular weight excluding hydrogens is 168 g/mol. The Morgan fingerprint density at radius 1 is 0.857 bits per heavy atom. The molecule has 0 heteroatoms. The molecule has 0 radical (unpaired) electrons. The fourth-order valence-corrected chi connectivity index (χ4v) is 1.84. The van der Waals surface area contributed by atoms with Crippen molar-refractivity contribution >= 4 is 10.8 Å². The summed E-state index contributed by atoms with van der Waals surface area (Å²) < 4.78 is 0. The van der Waals surface area contributed by atoms with Gasteiger partial charge in [-0.3, -0.25) is 0 Å². The lowest BCUT2D eigenvalue weighted by Gasteiger charge is -2.10. The van der Waals surface area contributed by atoms with Gasteiger partial charge in [0.2, 0.25) is 0 Å². The Balaban J connectivity index is 2.21. The molecule has 0 spiro atoms. The summed E-state index contributed by atoms with van der Waals surface area (Å²) in [6.07, 6.45) is 4.49. The summed E-state index contributed by atoms with van der Waals surface area (Å²) in [5, 5.41) is 2.65. The summed E-state index contributed by atoms with van der Waals surface area (Å²) in [5.74, 6) is 0. The third kappa shape index (κ3) is 1.07. The lowest BCUT2D eigenvalue weighted by Crippen LogP contribution is -2.00. The van der Waals surface area contributed by atoms with E-state index in [2.05, 4.69) is 61.5 Å². The number of rotatable bonds is 1. The minimum atomic E-state index is 0.240. The molecule has 0 saturated heterocycles. The van der Waals surface area contributed by atoms with Crippen LogP contribution in [0.4, 0.5) is 0 Å². The van der Waals surface area contributed by atoms with E-state index in [1.54, 1.807) is 0 Å². The Bertz CT molecular complexity index is 514. The van der Waals surface area contributed by atoms with Crippen LogP contribution >= 0.6 is 0 Å². The maximum atomic E-state index is 2.29. The second-order valence-corrected chi connectivity index (χ2v) is 4.18. The van der Waals surface area contributed by atoms with Gasteiger partial charge in [0, 0.05) is 5.41 Å². The first-order valence-electron chi connectivity index (χ1n) is 4.98. The molecule has 0 N–H and O–H groups in total. The van der Waals surface area contributed by atoms with Gasteiger partial charge in [-0.1, -0.05) is 48.6 Å². The SMILES string of the molecule is CC1(c2ccc3ccccc3c2)C=C1. The van der Waals surface area contributed by atoms with Crippen molar-refractivity contribution in [2.75, 3.05) is 0 Å². The smallest absolute Gasteiger partial charge is 0.0284 e. The molecule has 0 saturated carbocycles. The Morgan fingerprint density at radius 2 is 1.57 bits per heavy atom. The van der Waals surface area contributed by atoms with Gasteiger partial charge in [0.25, 0.3) is 0 Å². The van der Waals surface area contributed by atoms with Crippen LogP contribution in [0.15, 0.2) is 54.6 Å². The highest BCUT2D eigenvalue weighted by Crippen LogP contribution is 2.38. The Labute approximate surface area is 83.9 Å². The van der Waals surface area contributed by atoms with Crippen LogP contribution in [-0.4, -0.2) is 0 Å². The van der Waals surface area contributed by atoms with E-state index in [0.717, 1.165) is 0 Å². The summed E-state index contributed by atoms with van der Waals surface area (Å²) in [6, 6.07) is 15.2. The number of benzene rings is 2. The molecule has 0 atom stereocenters. The van der Waals surface area contributed by atoms with Crippen molar-refractivity contribution in [2.24, 2.45) is 0 Å². The van der Waals surface area contributed by atoms with Gasteiger partial charge >= 0.3 is 0 Å². The molecule has 1 aliphatic rings. The summed E-state index contributed by atoms with van der Waals surface area (Å²) in [5.41, 5.74) is 1.64. The van der Waals surface area contributed by atoms with E-state index >= 15 is 0 Å². The van der Waals surface area contributed by atoms with Crippen molar-refractivity contribution in [1.29, 1.82) is 0 Å². The van der Waals surface area contributed by atoms with E-state index in [1.807, 2.05) is 0 Å². The van der Waals surface area contributed by atoms with Gasteiger partial charge in [0.15, 0.2) is 0 Å². The van der Waals surface area contributed by atoms with Crippen LogP contribution in [0.25, 0.3) is 10.8 Å². The van der Waals surface area contributed by atoms with Crippen LogP contribution in [0.3, 0.4) is 0 Å². The Morgan fingerprint density at radius 3 is 2.29 bits per heavy atom. The molecule has 0 aromatic heterocycles. The van der Waals surface area contributed by atoms with Crippen molar-refractivity contribution in [3.8, 4) is 0 Å². The topological polar surface area (TPSA) is 0 Å². The lowest BCUT2D eigenvalue weighted by atomic mass is 9.94. The average Bonchev–Trinajstić information content (AvgIpc) is 2.97. The van der Waals surface area contributed by atoms with Crippen molar-refractivity contribution in [3.63, 3.8) is 0 Å². The van der Waals surface area contributed by atoms with Gasteiger partial charge in [0.1, 0.15) is 0 Å². The molecule has 2 aromatic rings. The highest BCUT2D eigenvalue weighted by molar-refractivity contribution is 5.83. The van der Waals surface area contributed by atoms with Crippen LogP contribution in [0, 0.1) is 0 Å². The fourth-order valence-electron chi connectivity index (χ4n) is 1.84. The standard InChI is InChI=1S/C14H12/c1-14(8-9-14)13-7-6-11-4-2-3-5-12(11)10-13/h2-10H,1H3. The first-order chi connectivity index (χ1) is 6.78. The number of hydrogen-bond acceptors (Lipinski definition) is 0. The molecule has 3 rings (SSSR count). The summed E-state index contributed by atoms with van der Waals surface area (Å²) in [7, 11) is 0. The first kappa shape index (κ1) is 7.81. The zero-order valence-electron chi connectivity index (χ0n) is 8.20. The quantitative estimate of drug-likeness (QED) is 0.587. The Kier molecular flexibility index (Phi) is 1.38. The summed E-state index contributed by atoms with van der Waals surface area (Å²) >= 11 is 0. The average molecular weight is 180 g/mol. The lowest BCUT2D eigenvalue weighted by molar-refractivity contribution is 0.873. The van der Waals surface area contributed by atoms with E-state index < -0.39 is 0 Å². The van der Waals surface area contributed by atoms with E-state index in [1.165, 1.54) is 16.3 Å². The second kappa shape index (κ2) is 2.48. The van der Waals surface area contributed by atoms with E-state index in [0.29, 0.717) is 0 Å². The van der Waals surface area contributed by atoms with Crippen molar-refractivity contribution < 1.29 is 0 Å². The first-order valence-corrected chi connectivity index (χ1v) is 4.98. The zero-order valence-corrected chi connectivity index (χ0v) is 8.20. The molecule has 14 heavy (non-hydrogen) atoms. The Hall–Kier alpha value is -1.56. The number of allylic oxidation sites excluding steroid dienone is 2. The fraction of sp³-hybridized carbons (Fsp3) is 0.143. The molecule has 0 bridgehead atoms. The number of fused-ring (bicyclic) bond motifs is 1. The van der Waals surface area contributed by atoms with Crippen LogP contribution < -0.4 is 0 Å². The van der Waals surface area contributed by atoms with Crippen LogP contribution in [0.5, 0.6) is 0 Å². The molecule has 0 unspecified atom stereocenters. The maximum absolute atomic E-state index is 2.29. The van der Waals surface area contributed by atoms with Gasteiger partial charge < -0.3 is 0 Å². The minimum absolute atomic E-state index is 0.240. The van der Waals surface area contributed by atoms with E-state index in [4.69, 9.17) is 0 Å². The predicted octanol–water partition coefficient (Wildman–Crippen LogP) is 3.67. The van der Waals surface area contributed by atoms with Crippen molar-refractivity contribution in [2.45, 2.75) is 12.3 Å². The molecule has 0 aliphatic heterocycles. The highest BCUT2D eigenvalue weighted by Gasteiger charge is 2.29. The van der Waals surface area contributed by atoms with Crippen molar-refractivity contribution in [3.05, 3.63) is 60.2 Å². The molecule has 0 heterocycles. The van der Waals surface area contributed by atoms with Crippen molar-refractivity contribution in [1.82, 2.24) is 0 Å². The highest BCUT2D eigenvalue weighted by atomic mass is 14.3. The molecule has 0 amide bonds. The van der Waals surface area contributed by atoms with Crippen LogP contribution in [-0.2, 0) is 5.41 Å². The van der Waals surface area contributed by atoms with Gasteiger partial charge in [-0.25, -0.2) is 0 Å². The second-order valence-electron chi connectivity index (χ2n) is 4.18. The molecule has 0 fully saturated rings. The minimum Gasteiger partial charge on any atom is -0.0733 e. The van der Waals surface area contributed by atoms with Crippen LogP contribution in [0.2, 0.25) is 0 Å². The third-order valence-corrected chi connectivity index (χ3v) is 3.04. The largest absolute Gasteiger partial charge is 0.0733 e. The molecule has 0 nitrogen and oxygen atoms in total. The number of hydrogen-bond donors (Lipinski definition) is 0. The molecule has 2 aromatic carbocycles. The third-order valence-electron chi connectivity index (χ3n) is 3.04. The molecular formula is C14H12. The molecule has 68 valence electrons. The van der Waals surface area contributed by atoms with Gasteiger partial charge in [-0.2, -0.15) is 0 Å². The van der Waals surface area contributed by atoms with Gasteiger partial charge in [0.05, 0.1) is 0 Å². The predicted molar refractivity (Wildman–Crippen MR) is 60.4 cm³/mol. The van der Waals surface area contributed by atoms with Gasteiger partial charge in [-0.05, 0) is 29.3 Å². The van der Waals surface area contributed by atoms with E-state index in [9.17, 15) is 0 Å². The zero-order chi connectivity index (χ0) is 9.60. The van der Waals surface area contributed by atoms with Gasteiger partial charge in [-0.15, -0.1) is 0 Å². The maximum Gasteiger partial charge on any atom is 0.0284 e. The van der Waals surface area contributed by atoms with Crippen LogP contribution in [0.1, 0.15) is 12.5 Å².